The minimum absolute atomic E-state index is 0.156. The van der Waals surface area contributed by atoms with Gasteiger partial charge in [-0.15, -0.1) is 0 Å². The summed E-state index contributed by atoms with van der Waals surface area (Å²) < 4.78 is 11.3. The van der Waals surface area contributed by atoms with E-state index in [9.17, 15) is 0 Å². The molecule has 0 aliphatic carbocycles. The summed E-state index contributed by atoms with van der Waals surface area (Å²) in [5.74, 6) is 2.91. The maximum atomic E-state index is 6.05. The highest BCUT2D eigenvalue weighted by Gasteiger charge is 2.30. The summed E-state index contributed by atoms with van der Waals surface area (Å²) in [5, 5.41) is 3.51. The van der Waals surface area contributed by atoms with Crippen molar-refractivity contribution in [2.24, 2.45) is 10.9 Å². The van der Waals surface area contributed by atoms with E-state index in [4.69, 9.17) is 14.5 Å². The Morgan fingerprint density at radius 2 is 1.90 bits per heavy atom. The van der Waals surface area contributed by atoms with E-state index in [1.54, 1.807) is 7.11 Å². The molecule has 2 aromatic rings. The van der Waals surface area contributed by atoms with Crippen LogP contribution in [0, 0.1) is 5.92 Å². The first-order valence-electron chi connectivity index (χ1n) is 11.1. The van der Waals surface area contributed by atoms with Crippen LogP contribution >= 0.6 is 0 Å². The highest BCUT2D eigenvalue weighted by atomic mass is 16.5. The Morgan fingerprint density at radius 3 is 2.63 bits per heavy atom. The number of hydrogen-bond acceptors (Lipinski definition) is 3. The Labute approximate surface area is 180 Å². The van der Waals surface area contributed by atoms with Crippen LogP contribution in [0.5, 0.6) is 5.75 Å². The topological polar surface area (TPSA) is 46.1 Å². The molecule has 2 aliphatic rings. The molecule has 2 fully saturated rings. The first-order chi connectivity index (χ1) is 14.8. The van der Waals surface area contributed by atoms with Gasteiger partial charge in [0.25, 0.3) is 0 Å². The Morgan fingerprint density at radius 1 is 1.10 bits per heavy atom. The van der Waals surface area contributed by atoms with Gasteiger partial charge in [0, 0.05) is 44.6 Å². The zero-order chi connectivity index (χ0) is 20.8. The van der Waals surface area contributed by atoms with Crippen molar-refractivity contribution in [1.82, 2.24) is 10.2 Å². The fourth-order valence-electron chi connectivity index (χ4n) is 4.56. The summed E-state index contributed by atoms with van der Waals surface area (Å²) in [7, 11) is 1.71. The molecule has 4 rings (SSSR count). The predicted octanol–water partition coefficient (Wildman–Crippen LogP) is 4.23. The second kappa shape index (κ2) is 9.98. The van der Waals surface area contributed by atoms with Crippen molar-refractivity contribution in [2.75, 3.05) is 39.9 Å². The third-order valence-electron chi connectivity index (χ3n) is 6.23. The molecule has 0 saturated carbocycles. The molecular weight excluding hydrogens is 374 g/mol. The van der Waals surface area contributed by atoms with Gasteiger partial charge < -0.3 is 19.7 Å². The largest absolute Gasteiger partial charge is 0.497 e. The highest BCUT2D eigenvalue weighted by molar-refractivity contribution is 5.80. The molecule has 0 spiro atoms. The van der Waals surface area contributed by atoms with Crippen molar-refractivity contribution >= 4 is 5.96 Å². The first-order valence-corrected chi connectivity index (χ1v) is 11.1. The molecule has 2 heterocycles. The third kappa shape index (κ3) is 4.78. The minimum Gasteiger partial charge on any atom is -0.497 e. The molecule has 0 amide bonds. The van der Waals surface area contributed by atoms with Gasteiger partial charge in [0.15, 0.2) is 5.96 Å². The summed E-state index contributed by atoms with van der Waals surface area (Å²) in [6.45, 7) is 6.67. The number of likely N-dealkylation sites (tertiary alicyclic amines) is 1. The van der Waals surface area contributed by atoms with Crippen LogP contribution in [0.1, 0.15) is 42.9 Å². The molecule has 160 valence electrons. The Hall–Kier alpha value is -2.53. The fraction of sp³-hybridized carbons (Fsp3) is 0.480. The van der Waals surface area contributed by atoms with E-state index < -0.39 is 0 Å². The van der Waals surface area contributed by atoms with Gasteiger partial charge in [0.1, 0.15) is 5.75 Å². The lowest BCUT2D eigenvalue weighted by Gasteiger charge is -2.23. The van der Waals surface area contributed by atoms with Crippen molar-refractivity contribution in [2.45, 2.75) is 31.8 Å². The van der Waals surface area contributed by atoms with Crippen LogP contribution in [0.4, 0.5) is 0 Å². The van der Waals surface area contributed by atoms with Crippen LogP contribution in [-0.2, 0) is 4.74 Å². The zero-order valence-electron chi connectivity index (χ0n) is 18.1. The summed E-state index contributed by atoms with van der Waals surface area (Å²) >= 11 is 0. The molecule has 2 saturated heterocycles. The standard InChI is InChI=1S/C25H33N3O2/c1-3-26-25(27-17-21-14-16-30-24(21)20-7-5-4-6-8-20)28-15-13-22(18-28)19-9-11-23(29-2)12-10-19/h4-12,21-22,24H,3,13-18H2,1-2H3,(H,26,27). The molecule has 5 nitrogen and oxygen atoms in total. The average Bonchev–Trinajstić information content (AvgIpc) is 3.47. The quantitative estimate of drug-likeness (QED) is 0.575. The Kier molecular flexibility index (Phi) is 6.90. The van der Waals surface area contributed by atoms with Crippen molar-refractivity contribution in [3.63, 3.8) is 0 Å². The highest BCUT2D eigenvalue weighted by Crippen LogP contribution is 2.35. The van der Waals surface area contributed by atoms with Crippen LogP contribution in [0.3, 0.4) is 0 Å². The van der Waals surface area contributed by atoms with E-state index in [0.29, 0.717) is 11.8 Å². The molecule has 2 aliphatic heterocycles. The minimum atomic E-state index is 0.156. The van der Waals surface area contributed by atoms with Crippen LogP contribution in [0.15, 0.2) is 59.6 Å². The predicted molar refractivity (Wildman–Crippen MR) is 121 cm³/mol. The van der Waals surface area contributed by atoms with E-state index in [0.717, 1.165) is 57.3 Å². The van der Waals surface area contributed by atoms with Gasteiger partial charge in [-0.2, -0.15) is 0 Å². The maximum Gasteiger partial charge on any atom is 0.193 e. The molecule has 0 radical (unpaired) electrons. The lowest BCUT2D eigenvalue weighted by molar-refractivity contribution is 0.0925. The van der Waals surface area contributed by atoms with E-state index in [-0.39, 0.29) is 6.10 Å². The van der Waals surface area contributed by atoms with Gasteiger partial charge in [-0.05, 0) is 43.0 Å². The number of guanidine groups is 1. The van der Waals surface area contributed by atoms with E-state index in [1.165, 1.54) is 11.1 Å². The third-order valence-corrected chi connectivity index (χ3v) is 6.23. The van der Waals surface area contributed by atoms with Gasteiger partial charge >= 0.3 is 0 Å². The van der Waals surface area contributed by atoms with Crippen LogP contribution < -0.4 is 10.1 Å². The fourth-order valence-corrected chi connectivity index (χ4v) is 4.56. The summed E-state index contributed by atoms with van der Waals surface area (Å²) in [5.41, 5.74) is 2.64. The van der Waals surface area contributed by atoms with E-state index in [1.807, 2.05) is 0 Å². The number of aliphatic imine (C=N–C) groups is 1. The number of hydrogen-bond donors (Lipinski definition) is 1. The second-order valence-electron chi connectivity index (χ2n) is 8.15. The summed E-state index contributed by atoms with van der Waals surface area (Å²) in [6, 6.07) is 19.1. The number of nitrogens with zero attached hydrogens (tertiary/aromatic N) is 2. The zero-order valence-corrected chi connectivity index (χ0v) is 18.1. The number of nitrogens with one attached hydrogen (secondary N) is 1. The average molecular weight is 408 g/mol. The van der Waals surface area contributed by atoms with Crippen LogP contribution in [-0.4, -0.2) is 50.8 Å². The van der Waals surface area contributed by atoms with Crippen LogP contribution in [0.25, 0.3) is 0 Å². The smallest absolute Gasteiger partial charge is 0.193 e. The van der Waals surface area contributed by atoms with Gasteiger partial charge in [-0.1, -0.05) is 42.5 Å². The SMILES string of the molecule is CCNC(=NCC1CCOC1c1ccccc1)N1CCC(c2ccc(OC)cc2)C1. The van der Waals surface area contributed by atoms with Crippen molar-refractivity contribution in [3.8, 4) is 5.75 Å². The molecule has 0 bridgehead atoms. The van der Waals surface area contributed by atoms with Gasteiger partial charge in [-0.3, -0.25) is 4.99 Å². The Balaban J connectivity index is 1.41. The number of ether oxygens (including phenoxy) is 2. The molecule has 2 aromatic carbocycles. The number of benzene rings is 2. The Bertz CT molecular complexity index is 822. The molecular formula is C25H33N3O2. The summed E-state index contributed by atoms with van der Waals surface area (Å²) in [6.07, 6.45) is 2.37. The molecule has 3 unspecified atom stereocenters. The molecule has 1 N–H and O–H groups in total. The van der Waals surface area contributed by atoms with E-state index >= 15 is 0 Å². The lowest BCUT2D eigenvalue weighted by Crippen LogP contribution is -2.40. The van der Waals surface area contributed by atoms with Gasteiger partial charge in [0.05, 0.1) is 13.2 Å². The first kappa shape index (κ1) is 20.7. The second-order valence-corrected chi connectivity index (χ2v) is 8.15. The van der Waals surface area contributed by atoms with Gasteiger partial charge in [0.2, 0.25) is 0 Å². The van der Waals surface area contributed by atoms with E-state index in [2.05, 4.69) is 71.7 Å². The maximum absolute atomic E-state index is 6.05. The van der Waals surface area contributed by atoms with Gasteiger partial charge in [-0.25, -0.2) is 0 Å². The molecule has 0 aromatic heterocycles. The lowest BCUT2D eigenvalue weighted by atomic mass is 9.95. The monoisotopic (exact) mass is 407 g/mol. The molecule has 30 heavy (non-hydrogen) atoms. The normalized spacial score (nSPS) is 24.3. The summed E-state index contributed by atoms with van der Waals surface area (Å²) in [4.78, 5) is 7.45. The van der Waals surface area contributed by atoms with Crippen molar-refractivity contribution in [1.29, 1.82) is 0 Å². The van der Waals surface area contributed by atoms with Crippen LogP contribution in [0.2, 0.25) is 0 Å². The number of rotatable bonds is 6. The van der Waals surface area contributed by atoms with Crippen molar-refractivity contribution in [3.05, 3.63) is 65.7 Å². The molecule has 5 heteroatoms. The molecule has 3 atom stereocenters. The number of methoxy groups -OCH3 is 1. The van der Waals surface area contributed by atoms with Crippen molar-refractivity contribution < 1.29 is 9.47 Å².